The lowest BCUT2D eigenvalue weighted by atomic mass is 9.72. The molecule has 3 saturated heterocycles. The van der Waals surface area contributed by atoms with E-state index in [0.717, 1.165) is 71.4 Å². The highest BCUT2D eigenvalue weighted by Crippen LogP contribution is 2.40. The summed E-state index contributed by atoms with van der Waals surface area (Å²) in [6.07, 6.45) is 6.41. The number of piperidine rings is 2. The van der Waals surface area contributed by atoms with Crippen LogP contribution in [-0.4, -0.2) is 67.6 Å². The van der Waals surface area contributed by atoms with Crippen LogP contribution in [0.5, 0.6) is 0 Å². The highest BCUT2D eigenvalue weighted by molar-refractivity contribution is 5.80. The molecule has 1 spiro atoms. The van der Waals surface area contributed by atoms with Gasteiger partial charge < -0.3 is 15.4 Å². The molecule has 1 unspecified atom stereocenters. The molecule has 0 aromatic carbocycles. The summed E-state index contributed by atoms with van der Waals surface area (Å²) in [6, 6.07) is 0. The maximum atomic E-state index is 12.8. The predicted molar refractivity (Wildman–Crippen MR) is 86.7 cm³/mol. The molecule has 3 rings (SSSR count). The summed E-state index contributed by atoms with van der Waals surface area (Å²) >= 11 is 0. The van der Waals surface area contributed by atoms with Crippen molar-refractivity contribution in [3.8, 4) is 0 Å². The molecule has 0 saturated carbocycles. The van der Waals surface area contributed by atoms with Crippen LogP contribution in [0.2, 0.25) is 0 Å². The van der Waals surface area contributed by atoms with Crippen molar-refractivity contribution in [2.45, 2.75) is 38.5 Å². The van der Waals surface area contributed by atoms with E-state index in [1.165, 1.54) is 0 Å². The second kappa shape index (κ2) is 7.18. The summed E-state index contributed by atoms with van der Waals surface area (Å²) in [4.78, 5) is 28.0. The third-order valence-corrected chi connectivity index (χ3v) is 5.92. The molecule has 130 valence electrons. The van der Waals surface area contributed by atoms with Crippen molar-refractivity contribution in [2.75, 3.05) is 45.9 Å². The number of rotatable bonds is 3. The van der Waals surface area contributed by atoms with Gasteiger partial charge in [-0.15, -0.1) is 0 Å². The smallest absolute Gasteiger partial charge is 0.231 e. The minimum absolute atomic E-state index is 0.0341. The first kappa shape index (κ1) is 16.7. The van der Waals surface area contributed by atoms with Gasteiger partial charge in [0.1, 0.15) is 0 Å². The van der Waals surface area contributed by atoms with Crippen molar-refractivity contribution in [1.29, 1.82) is 0 Å². The molecule has 0 aromatic rings. The fourth-order valence-electron chi connectivity index (χ4n) is 4.39. The zero-order valence-corrected chi connectivity index (χ0v) is 14.0. The van der Waals surface area contributed by atoms with Gasteiger partial charge in [-0.25, -0.2) is 0 Å². The average Bonchev–Trinajstić information content (AvgIpc) is 2.55. The normalized spacial score (nSPS) is 28.7. The number of carbonyl (C=O) groups excluding carboxylic acids is 2. The number of primary amides is 1. The van der Waals surface area contributed by atoms with E-state index >= 15 is 0 Å². The van der Waals surface area contributed by atoms with Crippen LogP contribution in [0.4, 0.5) is 0 Å². The molecule has 0 radical (unpaired) electrons. The molecule has 3 aliphatic rings. The van der Waals surface area contributed by atoms with Crippen LogP contribution in [-0.2, 0) is 14.3 Å². The Morgan fingerprint density at radius 1 is 1.09 bits per heavy atom. The largest absolute Gasteiger partial charge is 0.381 e. The lowest BCUT2D eigenvalue weighted by Crippen LogP contribution is -2.50. The first-order valence-corrected chi connectivity index (χ1v) is 8.95. The fourth-order valence-corrected chi connectivity index (χ4v) is 4.39. The summed E-state index contributed by atoms with van der Waals surface area (Å²) in [7, 11) is 0. The van der Waals surface area contributed by atoms with Crippen LogP contribution in [0.25, 0.3) is 0 Å². The number of nitrogens with zero attached hydrogens (tertiary/aromatic N) is 2. The number of amides is 2. The van der Waals surface area contributed by atoms with Gasteiger partial charge in [0.05, 0.1) is 12.5 Å². The molecule has 6 nitrogen and oxygen atoms in total. The van der Waals surface area contributed by atoms with Gasteiger partial charge in [-0.05, 0) is 50.5 Å². The Kier molecular flexibility index (Phi) is 5.21. The second-order valence-electron chi connectivity index (χ2n) is 7.48. The highest BCUT2D eigenvalue weighted by atomic mass is 16.5. The topological polar surface area (TPSA) is 75.9 Å². The summed E-state index contributed by atoms with van der Waals surface area (Å²) in [5.41, 5.74) is 5.70. The van der Waals surface area contributed by atoms with E-state index in [9.17, 15) is 9.59 Å². The average molecular weight is 323 g/mol. The maximum absolute atomic E-state index is 12.8. The van der Waals surface area contributed by atoms with E-state index in [1.54, 1.807) is 0 Å². The fraction of sp³-hybridized carbons (Fsp3) is 0.882. The Bertz CT molecular complexity index is 438. The Morgan fingerprint density at radius 3 is 2.43 bits per heavy atom. The van der Waals surface area contributed by atoms with Gasteiger partial charge in [-0.2, -0.15) is 0 Å². The molecule has 6 heteroatoms. The van der Waals surface area contributed by atoms with Crippen molar-refractivity contribution in [3.63, 3.8) is 0 Å². The van der Waals surface area contributed by atoms with Crippen LogP contribution in [0.1, 0.15) is 38.5 Å². The Balaban J connectivity index is 1.51. The van der Waals surface area contributed by atoms with Crippen molar-refractivity contribution < 1.29 is 14.3 Å². The number of hydrogen-bond donors (Lipinski definition) is 1. The van der Waals surface area contributed by atoms with Crippen LogP contribution >= 0.6 is 0 Å². The van der Waals surface area contributed by atoms with E-state index < -0.39 is 0 Å². The van der Waals surface area contributed by atoms with Gasteiger partial charge in [0.2, 0.25) is 11.8 Å². The zero-order valence-electron chi connectivity index (χ0n) is 14.0. The minimum atomic E-state index is -0.308. The molecule has 0 aromatic heterocycles. The molecule has 2 N–H and O–H groups in total. The zero-order chi connectivity index (χ0) is 16.3. The van der Waals surface area contributed by atoms with Gasteiger partial charge >= 0.3 is 0 Å². The van der Waals surface area contributed by atoms with Gasteiger partial charge in [0.15, 0.2) is 0 Å². The van der Waals surface area contributed by atoms with E-state index in [4.69, 9.17) is 10.5 Å². The van der Waals surface area contributed by atoms with E-state index in [1.807, 2.05) is 4.90 Å². The molecule has 2 amide bonds. The summed E-state index contributed by atoms with van der Waals surface area (Å²) in [5.74, 6) is 0.00505. The lowest BCUT2D eigenvalue weighted by Gasteiger charge is -2.45. The lowest BCUT2D eigenvalue weighted by molar-refractivity contribution is -0.141. The molecule has 0 bridgehead atoms. The molecule has 23 heavy (non-hydrogen) atoms. The Labute approximate surface area is 138 Å². The van der Waals surface area contributed by atoms with Gasteiger partial charge in [0.25, 0.3) is 0 Å². The number of likely N-dealkylation sites (tertiary alicyclic amines) is 2. The standard InChI is InChI=1S/C17H29N3O3/c18-15(21)13-19-7-1-2-14(12-19)16(22)20-8-3-17(4-9-20)5-10-23-11-6-17/h14H,1-13H2,(H2,18,21). The van der Waals surface area contributed by atoms with Crippen molar-refractivity contribution >= 4 is 11.8 Å². The van der Waals surface area contributed by atoms with Crippen molar-refractivity contribution in [3.05, 3.63) is 0 Å². The second-order valence-corrected chi connectivity index (χ2v) is 7.48. The highest BCUT2D eigenvalue weighted by Gasteiger charge is 2.39. The Hall–Kier alpha value is -1.14. The molecule has 0 aliphatic carbocycles. The van der Waals surface area contributed by atoms with E-state index in [-0.39, 0.29) is 24.3 Å². The van der Waals surface area contributed by atoms with Gasteiger partial charge in [0, 0.05) is 32.8 Å². The number of hydrogen-bond acceptors (Lipinski definition) is 4. The van der Waals surface area contributed by atoms with Crippen LogP contribution in [0.15, 0.2) is 0 Å². The predicted octanol–water partition coefficient (Wildman–Crippen LogP) is 0.603. The van der Waals surface area contributed by atoms with E-state index in [0.29, 0.717) is 12.0 Å². The molecule has 1 atom stereocenters. The van der Waals surface area contributed by atoms with Crippen LogP contribution < -0.4 is 5.73 Å². The SMILES string of the molecule is NC(=O)CN1CCCC(C(=O)N2CCC3(CCOCC3)CC2)C1. The maximum Gasteiger partial charge on any atom is 0.231 e. The summed E-state index contributed by atoms with van der Waals surface area (Å²) in [5, 5.41) is 0. The van der Waals surface area contributed by atoms with Gasteiger partial charge in [-0.3, -0.25) is 14.5 Å². The number of ether oxygens (including phenoxy) is 1. The number of carbonyl (C=O) groups is 2. The first-order chi connectivity index (χ1) is 11.1. The molecule has 3 fully saturated rings. The Morgan fingerprint density at radius 2 is 1.78 bits per heavy atom. The van der Waals surface area contributed by atoms with Crippen molar-refractivity contribution in [1.82, 2.24) is 9.80 Å². The third kappa shape index (κ3) is 4.04. The van der Waals surface area contributed by atoms with Crippen LogP contribution in [0, 0.1) is 11.3 Å². The van der Waals surface area contributed by atoms with Crippen molar-refractivity contribution in [2.24, 2.45) is 17.1 Å². The third-order valence-electron chi connectivity index (χ3n) is 5.92. The molecular weight excluding hydrogens is 294 g/mol. The monoisotopic (exact) mass is 323 g/mol. The molecular formula is C17H29N3O3. The van der Waals surface area contributed by atoms with E-state index in [2.05, 4.69) is 4.90 Å². The quantitative estimate of drug-likeness (QED) is 0.825. The summed E-state index contributed by atoms with van der Waals surface area (Å²) in [6.45, 7) is 5.33. The first-order valence-electron chi connectivity index (χ1n) is 8.95. The van der Waals surface area contributed by atoms with Gasteiger partial charge in [-0.1, -0.05) is 0 Å². The minimum Gasteiger partial charge on any atom is -0.381 e. The van der Waals surface area contributed by atoms with Crippen LogP contribution in [0.3, 0.4) is 0 Å². The summed E-state index contributed by atoms with van der Waals surface area (Å²) < 4.78 is 5.49. The number of nitrogens with two attached hydrogens (primary N) is 1. The molecule has 3 heterocycles. The molecule has 3 aliphatic heterocycles.